The van der Waals surface area contributed by atoms with Crippen LogP contribution in [0.1, 0.15) is 68.9 Å². The smallest absolute Gasteiger partial charge is 0.271 e. The van der Waals surface area contributed by atoms with E-state index in [1.807, 2.05) is 18.2 Å². The van der Waals surface area contributed by atoms with E-state index >= 15 is 0 Å². The van der Waals surface area contributed by atoms with Crippen LogP contribution >= 0.6 is 0 Å². The third-order valence-corrected chi connectivity index (χ3v) is 4.82. The van der Waals surface area contributed by atoms with Crippen LogP contribution in [0.5, 0.6) is 0 Å². The molecule has 1 aromatic heterocycles. The van der Waals surface area contributed by atoms with Gasteiger partial charge < -0.3 is 10.6 Å². The third kappa shape index (κ3) is 4.59. The second-order valence-electron chi connectivity index (χ2n) is 8.02. The van der Waals surface area contributed by atoms with Gasteiger partial charge in [-0.3, -0.25) is 4.79 Å². The predicted molar refractivity (Wildman–Crippen MR) is 105 cm³/mol. The molecule has 2 aromatic rings. The number of nitrogens with zero attached hydrogens (tertiary/aromatic N) is 2. The van der Waals surface area contributed by atoms with Crippen LogP contribution in [-0.2, 0) is 5.41 Å². The standard InChI is InChI=1S/C21H28N4O/c1-21(2,3)16-11-7-8-12-17(16)25-19-14-22-18(13-23-19)20(26)24-15-9-5-4-6-10-15/h7-8,11-15H,4-6,9-10H2,1-3H3,(H,23,25)(H,24,26). The summed E-state index contributed by atoms with van der Waals surface area (Å²) in [5.41, 5.74) is 2.61. The van der Waals surface area contributed by atoms with Gasteiger partial charge in [0.1, 0.15) is 11.5 Å². The number of aromatic nitrogens is 2. The van der Waals surface area contributed by atoms with Gasteiger partial charge in [0.25, 0.3) is 5.91 Å². The Labute approximate surface area is 155 Å². The summed E-state index contributed by atoms with van der Waals surface area (Å²) in [5.74, 6) is 0.502. The topological polar surface area (TPSA) is 66.9 Å². The lowest BCUT2D eigenvalue weighted by Gasteiger charge is -2.23. The van der Waals surface area contributed by atoms with Crippen LogP contribution in [0.2, 0.25) is 0 Å². The van der Waals surface area contributed by atoms with E-state index in [4.69, 9.17) is 0 Å². The van der Waals surface area contributed by atoms with Crippen LogP contribution < -0.4 is 10.6 Å². The maximum absolute atomic E-state index is 12.3. The number of carbonyl (C=O) groups is 1. The van der Waals surface area contributed by atoms with Crippen LogP contribution in [-0.4, -0.2) is 21.9 Å². The number of rotatable bonds is 4. The Balaban J connectivity index is 1.67. The fraction of sp³-hybridized carbons (Fsp3) is 0.476. The average molecular weight is 352 g/mol. The molecule has 1 aliphatic carbocycles. The van der Waals surface area contributed by atoms with E-state index in [0.717, 1.165) is 18.5 Å². The molecule has 2 N–H and O–H groups in total. The Morgan fingerprint density at radius 2 is 1.77 bits per heavy atom. The summed E-state index contributed by atoms with van der Waals surface area (Å²) < 4.78 is 0. The summed E-state index contributed by atoms with van der Waals surface area (Å²) in [6, 6.07) is 8.45. The summed E-state index contributed by atoms with van der Waals surface area (Å²) in [6.07, 6.45) is 8.92. The molecule has 1 amide bonds. The minimum atomic E-state index is -0.133. The van der Waals surface area contributed by atoms with Crippen molar-refractivity contribution < 1.29 is 4.79 Å². The van der Waals surface area contributed by atoms with E-state index in [0.29, 0.717) is 11.5 Å². The van der Waals surface area contributed by atoms with Crippen LogP contribution in [0.25, 0.3) is 0 Å². The van der Waals surface area contributed by atoms with Crippen LogP contribution in [0.15, 0.2) is 36.7 Å². The van der Waals surface area contributed by atoms with Gasteiger partial charge in [-0.05, 0) is 29.9 Å². The molecule has 3 rings (SSSR count). The molecule has 1 aliphatic rings. The zero-order valence-electron chi connectivity index (χ0n) is 15.9. The van der Waals surface area contributed by atoms with Crippen LogP contribution in [0.3, 0.4) is 0 Å². The van der Waals surface area contributed by atoms with E-state index in [1.54, 1.807) is 12.4 Å². The predicted octanol–water partition coefficient (Wildman–Crippen LogP) is 4.58. The first kappa shape index (κ1) is 18.4. The van der Waals surface area contributed by atoms with Crippen molar-refractivity contribution in [2.24, 2.45) is 0 Å². The first-order valence-corrected chi connectivity index (χ1v) is 9.43. The summed E-state index contributed by atoms with van der Waals surface area (Å²) in [7, 11) is 0. The Bertz CT molecular complexity index is 743. The number of nitrogens with one attached hydrogen (secondary N) is 2. The highest BCUT2D eigenvalue weighted by atomic mass is 16.1. The Hall–Kier alpha value is -2.43. The molecule has 0 unspecified atom stereocenters. The monoisotopic (exact) mass is 352 g/mol. The lowest BCUT2D eigenvalue weighted by molar-refractivity contribution is 0.0922. The van der Waals surface area contributed by atoms with Gasteiger partial charge in [0.05, 0.1) is 12.4 Å². The lowest BCUT2D eigenvalue weighted by Crippen LogP contribution is -2.36. The van der Waals surface area contributed by atoms with Gasteiger partial charge in [-0.15, -0.1) is 0 Å². The second-order valence-corrected chi connectivity index (χ2v) is 8.02. The molecule has 1 heterocycles. The normalized spacial score (nSPS) is 15.5. The Morgan fingerprint density at radius 1 is 1.04 bits per heavy atom. The van der Waals surface area contributed by atoms with Crippen molar-refractivity contribution in [3.05, 3.63) is 47.9 Å². The molecule has 0 radical (unpaired) electrons. The molecule has 0 saturated heterocycles. The van der Waals surface area contributed by atoms with Crippen molar-refractivity contribution in [3.8, 4) is 0 Å². The second kappa shape index (κ2) is 7.85. The fourth-order valence-electron chi connectivity index (χ4n) is 3.40. The van der Waals surface area contributed by atoms with Crippen molar-refractivity contribution >= 4 is 17.4 Å². The van der Waals surface area contributed by atoms with Gasteiger partial charge in [0.15, 0.2) is 0 Å². The third-order valence-electron chi connectivity index (χ3n) is 4.82. The first-order valence-electron chi connectivity index (χ1n) is 9.43. The van der Waals surface area contributed by atoms with Gasteiger partial charge in [-0.1, -0.05) is 58.2 Å². The van der Waals surface area contributed by atoms with Crippen molar-refractivity contribution in [1.29, 1.82) is 0 Å². The molecule has 138 valence electrons. The SMILES string of the molecule is CC(C)(C)c1ccccc1Nc1cnc(C(=O)NC2CCCCC2)cn1. The number of carbonyl (C=O) groups excluding carboxylic acids is 1. The minimum absolute atomic E-state index is 0.0246. The van der Waals surface area contributed by atoms with Gasteiger partial charge in [-0.2, -0.15) is 0 Å². The maximum atomic E-state index is 12.3. The molecule has 0 aliphatic heterocycles. The van der Waals surface area contributed by atoms with E-state index in [-0.39, 0.29) is 17.4 Å². The highest BCUT2D eigenvalue weighted by Gasteiger charge is 2.19. The minimum Gasteiger partial charge on any atom is -0.348 e. The van der Waals surface area contributed by atoms with E-state index in [2.05, 4.69) is 47.4 Å². The molecular weight excluding hydrogens is 324 g/mol. The number of hydrogen-bond donors (Lipinski definition) is 2. The van der Waals surface area contributed by atoms with E-state index in [9.17, 15) is 4.79 Å². The average Bonchev–Trinajstić information content (AvgIpc) is 2.63. The molecule has 1 fully saturated rings. The van der Waals surface area contributed by atoms with Gasteiger partial charge >= 0.3 is 0 Å². The molecule has 0 spiro atoms. The summed E-state index contributed by atoms with van der Waals surface area (Å²) in [5, 5.41) is 6.39. The number of anilines is 2. The number of amides is 1. The molecular formula is C21H28N4O. The van der Waals surface area contributed by atoms with E-state index in [1.165, 1.54) is 24.8 Å². The van der Waals surface area contributed by atoms with Crippen molar-refractivity contribution in [1.82, 2.24) is 15.3 Å². The highest BCUT2D eigenvalue weighted by molar-refractivity contribution is 5.92. The molecule has 5 nitrogen and oxygen atoms in total. The maximum Gasteiger partial charge on any atom is 0.271 e. The van der Waals surface area contributed by atoms with Crippen LogP contribution in [0, 0.1) is 0 Å². The Morgan fingerprint density at radius 3 is 2.42 bits per heavy atom. The quantitative estimate of drug-likeness (QED) is 0.845. The molecule has 0 bridgehead atoms. The van der Waals surface area contributed by atoms with Crippen LogP contribution in [0.4, 0.5) is 11.5 Å². The van der Waals surface area contributed by atoms with Gasteiger partial charge in [-0.25, -0.2) is 9.97 Å². The van der Waals surface area contributed by atoms with Gasteiger partial charge in [0.2, 0.25) is 0 Å². The molecule has 0 atom stereocenters. The van der Waals surface area contributed by atoms with Gasteiger partial charge in [0, 0.05) is 11.7 Å². The lowest BCUT2D eigenvalue weighted by atomic mass is 9.86. The molecule has 1 aromatic carbocycles. The first-order chi connectivity index (χ1) is 12.4. The largest absolute Gasteiger partial charge is 0.348 e. The molecule has 1 saturated carbocycles. The van der Waals surface area contributed by atoms with Crippen molar-refractivity contribution in [2.45, 2.75) is 64.3 Å². The summed E-state index contributed by atoms with van der Waals surface area (Å²) >= 11 is 0. The zero-order valence-corrected chi connectivity index (χ0v) is 15.9. The fourth-order valence-corrected chi connectivity index (χ4v) is 3.40. The van der Waals surface area contributed by atoms with E-state index < -0.39 is 0 Å². The number of para-hydroxylation sites is 1. The summed E-state index contributed by atoms with van der Waals surface area (Å²) in [6.45, 7) is 6.54. The highest BCUT2D eigenvalue weighted by Crippen LogP contribution is 2.30. The number of benzene rings is 1. The molecule has 5 heteroatoms. The zero-order chi connectivity index (χ0) is 18.6. The Kier molecular flexibility index (Phi) is 5.55. The van der Waals surface area contributed by atoms with Crippen molar-refractivity contribution in [2.75, 3.05) is 5.32 Å². The molecule has 26 heavy (non-hydrogen) atoms. The summed E-state index contributed by atoms with van der Waals surface area (Å²) in [4.78, 5) is 21.0. The van der Waals surface area contributed by atoms with Crippen molar-refractivity contribution in [3.63, 3.8) is 0 Å². The number of hydrogen-bond acceptors (Lipinski definition) is 4.